The molecule has 0 aliphatic carbocycles. The molecule has 4 N–H and O–H groups in total. The van der Waals surface area contributed by atoms with E-state index in [0.29, 0.717) is 16.9 Å². The van der Waals surface area contributed by atoms with Crippen LogP contribution in [0.3, 0.4) is 0 Å². The number of hydrogen-bond acceptors (Lipinski definition) is 7. The van der Waals surface area contributed by atoms with Crippen molar-refractivity contribution in [1.29, 1.82) is 5.26 Å². The standard InChI is InChI=1S/C8H7N7/c9-2-1-4-3-12-7-5(13-4)6(10)14-8(11)15-7/h3H,1H2,(H4,10,11,12,14,15). The van der Waals surface area contributed by atoms with E-state index in [-0.39, 0.29) is 18.2 Å². The highest BCUT2D eigenvalue weighted by Gasteiger charge is 2.06. The lowest BCUT2D eigenvalue weighted by Crippen LogP contribution is -2.04. The van der Waals surface area contributed by atoms with E-state index in [2.05, 4.69) is 19.9 Å². The van der Waals surface area contributed by atoms with E-state index in [9.17, 15) is 0 Å². The van der Waals surface area contributed by atoms with Gasteiger partial charge >= 0.3 is 0 Å². The van der Waals surface area contributed by atoms with E-state index in [1.165, 1.54) is 6.20 Å². The third-order valence-electron chi connectivity index (χ3n) is 1.76. The summed E-state index contributed by atoms with van der Waals surface area (Å²) in [4.78, 5) is 15.7. The molecule has 7 heteroatoms. The number of anilines is 2. The van der Waals surface area contributed by atoms with Crippen molar-refractivity contribution in [2.24, 2.45) is 0 Å². The quantitative estimate of drug-likeness (QED) is 0.645. The second-order valence-electron chi connectivity index (χ2n) is 2.84. The third kappa shape index (κ3) is 1.60. The van der Waals surface area contributed by atoms with Gasteiger partial charge in [-0.05, 0) is 0 Å². The van der Waals surface area contributed by atoms with Crippen LogP contribution in [0.25, 0.3) is 11.2 Å². The Hall–Kier alpha value is -2.49. The molecule has 0 aliphatic rings. The zero-order valence-corrected chi connectivity index (χ0v) is 7.68. The van der Waals surface area contributed by atoms with Gasteiger partial charge in [-0.15, -0.1) is 0 Å². The maximum absolute atomic E-state index is 8.50. The average Bonchev–Trinajstić information content (AvgIpc) is 2.19. The fourth-order valence-electron chi connectivity index (χ4n) is 1.15. The number of rotatable bonds is 1. The van der Waals surface area contributed by atoms with Crippen LogP contribution in [-0.2, 0) is 6.42 Å². The Balaban J connectivity index is 2.67. The molecule has 0 saturated heterocycles. The van der Waals surface area contributed by atoms with Crippen molar-refractivity contribution in [3.63, 3.8) is 0 Å². The van der Waals surface area contributed by atoms with Crippen LogP contribution >= 0.6 is 0 Å². The van der Waals surface area contributed by atoms with Crippen LogP contribution in [0.15, 0.2) is 6.20 Å². The number of nitriles is 1. The van der Waals surface area contributed by atoms with Gasteiger partial charge in [-0.25, -0.2) is 9.97 Å². The number of aromatic nitrogens is 4. The van der Waals surface area contributed by atoms with Crippen LogP contribution in [0.5, 0.6) is 0 Å². The number of fused-ring (bicyclic) bond motifs is 1. The van der Waals surface area contributed by atoms with Gasteiger partial charge in [-0.3, -0.25) is 0 Å². The van der Waals surface area contributed by atoms with Crippen molar-refractivity contribution in [3.8, 4) is 6.07 Å². The summed E-state index contributed by atoms with van der Waals surface area (Å²) in [7, 11) is 0. The lowest BCUT2D eigenvalue weighted by atomic mass is 10.3. The van der Waals surface area contributed by atoms with E-state index in [4.69, 9.17) is 16.7 Å². The summed E-state index contributed by atoms with van der Waals surface area (Å²) >= 11 is 0. The number of hydrogen-bond donors (Lipinski definition) is 2. The highest BCUT2D eigenvalue weighted by atomic mass is 15.1. The van der Waals surface area contributed by atoms with Crippen LogP contribution in [0.4, 0.5) is 11.8 Å². The predicted octanol–water partition coefficient (Wildman–Crippen LogP) is -0.350. The number of nitrogen functional groups attached to an aromatic ring is 2. The monoisotopic (exact) mass is 201 g/mol. The molecule has 2 rings (SSSR count). The molecule has 0 radical (unpaired) electrons. The van der Waals surface area contributed by atoms with Crippen molar-refractivity contribution >= 4 is 22.9 Å². The molecule has 7 nitrogen and oxygen atoms in total. The second kappa shape index (κ2) is 3.34. The molecule has 2 aromatic heterocycles. The van der Waals surface area contributed by atoms with Gasteiger partial charge in [0.15, 0.2) is 17.0 Å². The molecule has 0 unspecified atom stereocenters. The molecule has 0 saturated carbocycles. The largest absolute Gasteiger partial charge is 0.382 e. The minimum atomic E-state index is 0.0577. The minimum Gasteiger partial charge on any atom is -0.382 e. The maximum atomic E-state index is 8.50. The zero-order chi connectivity index (χ0) is 10.8. The molecule has 2 heterocycles. The summed E-state index contributed by atoms with van der Waals surface area (Å²) in [5.41, 5.74) is 12.2. The summed E-state index contributed by atoms with van der Waals surface area (Å²) in [6.07, 6.45) is 1.64. The summed E-state index contributed by atoms with van der Waals surface area (Å²) < 4.78 is 0. The van der Waals surface area contributed by atoms with Crippen molar-refractivity contribution in [2.75, 3.05) is 11.5 Å². The summed E-state index contributed by atoms with van der Waals surface area (Å²) in [5.74, 6) is 0.229. The molecule has 0 spiro atoms. The Labute approximate surface area is 84.8 Å². The highest BCUT2D eigenvalue weighted by Crippen LogP contribution is 2.14. The smallest absolute Gasteiger partial charge is 0.224 e. The van der Waals surface area contributed by atoms with Gasteiger partial charge < -0.3 is 11.5 Å². The highest BCUT2D eigenvalue weighted by molar-refractivity contribution is 5.81. The van der Waals surface area contributed by atoms with Crippen LogP contribution in [-0.4, -0.2) is 19.9 Å². The Bertz CT molecular complexity index is 557. The first-order chi connectivity index (χ1) is 7.20. The molecule has 0 bridgehead atoms. The molecule has 0 fully saturated rings. The molecule has 74 valence electrons. The van der Waals surface area contributed by atoms with Crippen molar-refractivity contribution in [1.82, 2.24) is 19.9 Å². The molecule has 0 aliphatic heterocycles. The Kier molecular flexibility index (Phi) is 2.02. The van der Waals surface area contributed by atoms with E-state index in [1.807, 2.05) is 6.07 Å². The van der Waals surface area contributed by atoms with Crippen LogP contribution in [0, 0.1) is 11.3 Å². The summed E-state index contributed by atoms with van der Waals surface area (Å²) in [6.45, 7) is 0. The predicted molar refractivity (Wildman–Crippen MR) is 53.3 cm³/mol. The first kappa shape index (κ1) is 9.08. The summed E-state index contributed by atoms with van der Waals surface area (Å²) in [6, 6.07) is 1.97. The van der Waals surface area contributed by atoms with Gasteiger partial charge in [-0.2, -0.15) is 15.2 Å². The van der Waals surface area contributed by atoms with E-state index in [1.54, 1.807) is 0 Å². The van der Waals surface area contributed by atoms with Gasteiger partial charge in [0, 0.05) is 0 Å². The fourth-order valence-corrected chi connectivity index (χ4v) is 1.15. The van der Waals surface area contributed by atoms with Crippen molar-refractivity contribution in [2.45, 2.75) is 6.42 Å². The first-order valence-electron chi connectivity index (χ1n) is 4.12. The molecule has 2 aromatic rings. The Morgan fingerprint density at radius 1 is 1.27 bits per heavy atom. The van der Waals surface area contributed by atoms with Crippen LogP contribution in [0.1, 0.15) is 5.69 Å². The first-order valence-corrected chi connectivity index (χ1v) is 4.12. The van der Waals surface area contributed by atoms with Gasteiger partial charge in [-0.1, -0.05) is 0 Å². The zero-order valence-electron chi connectivity index (χ0n) is 7.68. The Morgan fingerprint density at radius 3 is 2.80 bits per heavy atom. The van der Waals surface area contributed by atoms with Gasteiger partial charge in [0.1, 0.15) is 0 Å². The van der Waals surface area contributed by atoms with Gasteiger partial charge in [0.05, 0.1) is 24.4 Å². The molecular weight excluding hydrogens is 194 g/mol. The molecule has 0 amide bonds. The molecule has 0 aromatic carbocycles. The third-order valence-corrected chi connectivity index (χ3v) is 1.76. The number of nitrogens with zero attached hydrogens (tertiary/aromatic N) is 5. The summed E-state index contributed by atoms with van der Waals surface area (Å²) in [5, 5.41) is 8.50. The molecular formula is C8H7N7. The lowest BCUT2D eigenvalue weighted by Gasteiger charge is -2.01. The van der Waals surface area contributed by atoms with E-state index in [0.717, 1.165) is 0 Å². The van der Waals surface area contributed by atoms with Crippen molar-refractivity contribution in [3.05, 3.63) is 11.9 Å². The number of nitrogens with two attached hydrogens (primary N) is 2. The van der Waals surface area contributed by atoms with Gasteiger partial charge in [0.2, 0.25) is 5.95 Å². The second-order valence-corrected chi connectivity index (χ2v) is 2.84. The van der Waals surface area contributed by atoms with Gasteiger partial charge in [0.25, 0.3) is 0 Å². The Morgan fingerprint density at radius 2 is 2.07 bits per heavy atom. The average molecular weight is 201 g/mol. The van der Waals surface area contributed by atoms with E-state index >= 15 is 0 Å². The lowest BCUT2D eigenvalue weighted by molar-refractivity contribution is 1.08. The normalized spacial score (nSPS) is 10.1. The molecule has 15 heavy (non-hydrogen) atoms. The van der Waals surface area contributed by atoms with Crippen LogP contribution < -0.4 is 11.5 Å². The SMILES string of the molecule is N#CCc1cnc2nc(N)nc(N)c2n1. The van der Waals surface area contributed by atoms with Crippen molar-refractivity contribution < 1.29 is 0 Å². The minimum absolute atomic E-state index is 0.0577. The van der Waals surface area contributed by atoms with Crippen LogP contribution in [0.2, 0.25) is 0 Å². The topological polar surface area (TPSA) is 127 Å². The van der Waals surface area contributed by atoms with E-state index < -0.39 is 0 Å². The molecule has 0 atom stereocenters. The maximum Gasteiger partial charge on any atom is 0.224 e. The fraction of sp³-hybridized carbons (Fsp3) is 0.125.